The summed E-state index contributed by atoms with van der Waals surface area (Å²) in [6.45, 7) is 0. The molecule has 7 aromatic carbocycles. The lowest BCUT2D eigenvalue weighted by Crippen LogP contribution is -2.09. The summed E-state index contributed by atoms with van der Waals surface area (Å²) >= 11 is 0. The zero-order chi connectivity index (χ0) is 29.7. The van der Waals surface area contributed by atoms with Crippen molar-refractivity contribution in [1.82, 2.24) is 20.0 Å². The smallest absolute Gasteiger partial charge is 0.227 e. The maximum absolute atomic E-state index is 6.49. The molecule has 0 bridgehead atoms. The maximum Gasteiger partial charge on any atom is 0.227 e. The van der Waals surface area contributed by atoms with E-state index in [1.165, 1.54) is 0 Å². The van der Waals surface area contributed by atoms with Gasteiger partial charge in [0.15, 0.2) is 5.58 Å². The zero-order valence-electron chi connectivity index (χ0n) is 24.1. The highest BCUT2D eigenvalue weighted by atomic mass is 16.3. The molecule has 0 radical (unpaired) electrons. The number of hydrogen-bond acceptors (Lipinski definition) is 5. The summed E-state index contributed by atoms with van der Waals surface area (Å²) < 4.78 is 6.49. The van der Waals surface area contributed by atoms with Crippen LogP contribution < -0.4 is 4.90 Å². The first-order valence-corrected chi connectivity index (χ1v) is 14.9. The Balaban J connectivity index is 1.24. The van der Waals surface area contributed by atoms with Crippen molar-refractivity contribution < 1.29 is 4.42 Å². The number of anilines is 3. The van der Waals surface area contributed by atoms with Crippen molar-refractivity contribution in [3.8, 4) is 17.1 Å². The molecule has 2 heterocycles. The minimum atomic E-state index is 0.619. The fraction of sp³-hybridized carbons (Fsp3) is 0. The second-order valence-electron chi connectivity index (χ2n) is 11.0. The molecule has 0 saturated carbocycles. The van der Waals surface area contributed by atoms with Crippen molar-refractivity contribution in [1.29, 1.82) is 0 Å². The van der Waals surface area contributed by atoms with Crippen molar-refractivity contribution in [2.24, 2.45) is 0 Å². The Labute approximate surface area is 258 Å². The summed E-state index contributed by atoms with van der Waals surface area (Å²) in [5, 5.41) is 13.9. The average molecular weight is 580 g/mol. The molecule has 0 fully saturated rings. The van der Waals surface area contributed by atoms with Crippen LogP contribution in [0.25, 0.3) is 60.8 Å². The third-order valence-electron chi connectivity index (χ3n) is 8.24. The van der Waals surface area contributed by atoms with Crippen LogP contribution in [0.1, 0.15) is 0 Å². The van der Waals surface area contributed by atoms with Crippen LogP contribution in [0, 0.1) is 0 Å². The van der Waals surface area contributed by atoms with Gasteiger partial charge in [0.25, 0.3) is 0 Å². The second kappa shape index (κ2) is 10.2. The quantitative estimate of drug-likeness (QED) is 0.190. The van der Waals surface area contributed by atoms with Gasteiger partial charge in [-0.05, 0) is 89.0 Å². The van der Waals surface area contributed by atoms with Gasteiger partial charge >= 0.3 is 0 Å². The molecule has 9 aromatic rings. The minimum absolute atomic E-state index is 0.619. The third-order valence-corrected chi connectivity index (χ3v) is 8.24. The fourth-order valence-corrected chi connectivity index (χ4v) is 6.10. The van der Waals surface area contributed by atoms with Crippen LogP contribution in [-0.4, -0.2) is 20.0 Å². The molecule has 45 heavy (non-hydrogen) atoms. The van der Waals surface area contributed by atoms with Crippen LogP contribution in [0.3, 0.4) is 0 Å². The lowest BCUT2D eigenvalue weighted by molar-refractivity contribution is 0.623. The number of nitrogens with zero attached hydrogens (tertiary/aromatic N) is 5. The highest BCUT2D eigenvalue weighted by Crippen LogP contribution is 2.40. The molecule has 0 amide bonds. The summed E-state index contributed by atoms with van der Waals surface area (Å²) in [6, 6.07) is 51.8. The van der Waals surface area contributed by atoms with E-state index in [-0.39, 0.29) is 0 Å². The maximum atomic E-state index is 6.49. The van der Waals surface area contributed by atoms with E-state index in [2.05, 4.69) is 77.7 Å². The SMILES string of the molecule is c1ccc(-c2nc3ccc4ccc5ccc(N(c6ccccc6)c6ccc7nn(-c8ccccc8)nc7c6)cc5c4c3o2)cc1. The van der Waals surface area contributed by atoms with E-state index < -0.39 is 0 Å². The molecule has 0 N–H and O–H groups in total. The molecule has 2 aromatic heterocycles. The van der Waals surface area contributed by atoms with E-state index in [0.29, 0.717) is 5.89 Å². The molecular formula is C39H25N5O. The van der Waals surface area contributed by atoms with Gasteiger partial charge in [0, 0.05) is 28.0 Å². The molecule has 6 nitrogen and oxygen atoms in total. The van der Waals surface area contributed by atoms with Crippen LogP contribution in [0.15, 0.2) is 156 Å². The van der Waals surface area contributed by atoms with Gasteiger partial charge in [0.05, 0.1) is 5.69 Å². The molecule has 0 aliphatic rings. The predicted octanol–water partition coefficient (Wildman–Crippen LogP) is 10.0. The third kappa shape index (κ3) is 4.31. The summed E-state index contributed by atoms with van der Waals surface area (Å²) in [5.74, 6) is 0.619. The molecule has 0 unspecified atom stereocenters. The van der Waals surface area contributed by atoms with Crippen LogP contribution in [-0.2, 0) is 0 Å². The van der Waals surface area contributed by atoms with Gasteiger partial charge in [-0.3, -0.25) is 0 Å². The molecule has 0 saturated heterocycles. The molecule has 0 spiro atoms. The first kappa shape index (κ1) is 25.2. The van der Waals surface area contributed by atoms with Crippen molar-refractivity contribution in [3.63, 3.8) is 0 Å². The van der Waals surface area contributed by atoms with Crippen LogP contribution >= 0.6 is 0 Å². The van der Waals surface area contributed by atoms with Crippen LogP contribution in [0.2, 0.25) is 0 Å². The number of hydrogen-bond donors (Lipinski definition) is 0. The lowest BCUT2D eigenvalue weighted by Gasteiger charge is -2.26. The summed E-state index contributed by atoms with van der Waals surface area (Å²) in [7, 11) is 0. The lowest BCUT2D eigenvalue weighted by atomic mass is 10.00. The van der Waals surface area contributed by atoms with E-state index in [0.717, 1.165) is 72.0 Å². The molecule has 0 atom stereocenters. The number of aromatic nitrogens is 4. The Bertz CT molecular complexity index is 2490. The van der Waals surface area contributed by atoms with E-state index in [4.69, 9.17) is 19.6 Å². The van der Waals surface area contributed by atoms with E-state index in [1.54, 1.807) is 4.80 Å². The summed E-state index contributed by atoms with van der Waals surface area (Å²) in [4.78, 5) is 8.80. The molecule has 0 aliphatic heterocycles. The Kier molecular flexibility index (Phi) is 5.71. The van der Waals surface area contributed by atoms with Crippen molar-refractivity contribution >= 4 is 60.7 Å². The first-order valence-electron chi connectivity index (χ1n) is 14.9. The fourth-order valence-electron chi connectivity index (χ4n) is 6.10. The Morgan fingerprint density at radius 3 is 1.96 bits per heavy atom. The van der Waals surface area contributed by atoms with E-state index in [9.17, 15) is 0 Å². The average Bonchev–Trinajstić information content (AvgIpc) is 3.74. The largest absolute Gasteiger partial charge is 0.435 e. The highest BCUT2D eigenvalue weighted by Gasteiger charge is 2.18. The molecule has 0 aliphatic carbocycles. The Morgan fingerprint density at radius 1 is 0.511 bits per heavy atom. The van der Waals surface area contributed by atoms with Crippen LogP contribution in [0.4, 0.5) is 17.1 Å². The van der Waals surface area contributed by atoms with Crippen LogP contribution in [0.5, 0.6) is 0 Å². The molecule has 9 rings (SSSR count). The van der Waals surface area contributed by atoms with Gasteiger partial charge < -0.3 is 9.32 Å². The minimum Gasteiger partial charge on any atom is -0.435 e. The Morgan fingerprint density at radius 2 is 1.13 bits per heavy atom. The number of para-hydroxylation sites is 2. The molecule has 212 valence electrons. The summed E-state index contributed by atoms with van der Waals surface area (Å²) in [5.41, 5.74) is 8.22. The van der Waals surface area contributed by atoms with Gasteiger partial charge in [-0.15, -0.1) is 10.2 Å². The van der Waals surface area contributed by atoms with Gasteiger partial charge in [-0.25, -0.2) is 4.98 Å². The summed E-state index contributed by atoms with van der Waals surface area (Å²) in [6.07, 6.45) is 0. The highest BCUT2D eigenvalue weighted by molar-refractivity contribution is 6.18. The number of rotatable bonds is 5. The van der Waals surface area contributed by atoms with Gasteiger partial charge in [-0.2, -0.15) is 4.80 Å². The topological polar surface area (TPSA) is 60.0 Å². The van der Waals surface area contributed by atoms with E-state index >= 15 is 0 Å². The van der Waals surface area contributed by atoms with Gasteiger partial charge in [0.1, 0.15) is 16.6 Å². The monoisotopic (exact) mass is 579 g/mol. The normalized spacial score (nSPS) is 11.6. The van der Waals surface area contributed by atoms with Crippen molar-refractivity contribution in [2.45, 2.75) is 0 Å². The molecule has 6 heteroatoms. The standard InChI is InChI=1S/C39H25N5O/c1-4-10-28(11-5-1)39-40-35-22-19-27-17-16-26-18-20-31(24-33(26)37(27)38(35)45-39)43(29-12-6-2-7-13-29)32-21-23-34-36(25-32)42-44(41-34)30-14-8-3-9-15-30/h1-25H. The number of oxazole rings is 1. The molecular weight excluding hydrogens is 554 g/mol. The Hall–Kier alpha value is -6.27. The number of fused-ring (bicyclic) bond motifs is 6. The zero-order valence-corrected chi connectivity index (χ0v) is 24.1. The van der Waals surface area contributed by atoms with E-state index in [1.807, 2.05) is 78.9 Å². The van der Waals surface area contributed by atoms with Gasteiger partial charge in [-0.1, -0.05) is 78.9 Å². The van der Waals surface area contributed by atoms with Crippen molar-refractivity contribution in [2.75, 3.05) is 4.90 Å². The predicted molar refractivity (Wildman–Crippen MR) is 182 cm³/mol. The van der Waals surface area contributed by atoms with Gasteiger partial charge in [0.2, 0.25) is 5.89 Å². The van der Waals surface area contributed by atoms with Crippen molar-refractivity contribution in [3.05, 3.63) is 152 Å². The second-order valence-corrected chi connectivity index (χ2v) is 11.0. The first-order chi connectivity index (χ1) is 22.3. The number of benzene rings is 7.